The Labute approximate surface area is 128 Å². The Balaban J connectivity index is 2.73. The molecular formula is C16H31N3O2. The van der Waals surface area contributed by atoms with Gasteiger partial charge in [0.05, 0.1) is 12.0 Å². The molecule has 0 saturated carbocycles. The molecule has 0 bridgehead atoms. The van der Waals surface area contributed by atoms with Crippen molar-refractivity contribution in [2.75, 3.05) is 32.7 Å². The zero-order valence-corrected chi connectivity index (χ0v) is 13.8. The van der Waals surface area contributed by atoms with Crippen LogP contribution in [0.4, 0.5) is 0 Å². The molecular weight excluding hydrogens is 266 g/mol. The minimum absolute atomic E-state index is 0.0451. The van der Waals surface area contributed by atoms with Crippen molar-refractivity contribution in [1.29, 1.82) is 0 Å². The molecule has 0 aromatic carbocycles. The molecule has 1 unspecified atom stereocenters. The summed E-state index contributed by atoms with van der Waals surface area (Å²) >= 11 is 0. The lowest BCUT2D eigenvalue weighted by atomic mass is 9.81. The van der Waals surface area contributed by atoms with Crippen molar-refractivity contribution in [1.82, 2.24) is 15.5 Å². The fourth-order valence-corrected chi connectivity index (χ4v) is 3.08. The predicted octanol–water partition coefficient (Wildman–Crippen LogP) is 1.53. The average Bonchev–Trinajstić information content (AvgIpc) is 2.94. The molecule has 2 amide bonds. The molecule has 0 aromatic rings. The second kappa shape index (κ2) is 9.03. The standard InChI is InChI=1S/C16H31N3O2/c1-4-7-16(8-10-17-13-16)15(21)19(11-6-3)12-14(20)18-9-5-2/h17H,4-13H2,1-3H3,(H,18,20). The molecule has 5 nitrogen and oxygen atoms in total. The van der Waals surface area contributed by atoms with E-state index in [4.69, 9.17) is 0 Å². The fourth-order valence-electron chi connectivity index (χ4n) is 3.08. The highest BCUT2D eigenvalue weighted by Crippen LogP contribution is 2.33. The van der Waals surface area contributed by atoms with Gasteiger partial charge in [-0.2, -0.15) is 0 Å². The molecule has 1 atom stereocenters. The van der Waals surface area contributed by atoms with Crippen LogP contribution in [0.25, 0.3) is 0 Å². The zero-order chi connectivity index (χ0) is 15.7. The van der Waals surface area contributed by atoms with Gasteiger partial charge < -0.3 is 15.5 Å². The van der Waals surface area contributed by atoms with E-state index >= 15 is 0 Å². The predicted molar refractivity (Wildman–Crippen MR) is 85.0 cm³/mol. The van der Waals surface area contributed by atoms with E-state index in [9.17, 15) is 9.59 Å². The number of carbonyl (C=O) groups excluding carboxylic acids is 2. The van der Waals surface area contributed by atoms with Gasteiger partial charge in [-0.05, 0) is 32.2 Å². The van der Waals surface area contributed by atoms with Crippen molar-refractivity contribution >= 4 is 11.8 Å². The average molecular weight is 297 g/mol. The molecule has 1 rings (SSSR count). The minimum atomic E-state index is -0.297. The summed E-state index contributed by atoms with van der Waals surface area (Å²) in [4.78, 5) is 26.7. The molecule has 1 heterocycles. The number of hydrogen-bond donors (Lipinski definition) is 2. The number of amides is 2. The topological polar surface area (TPSA) is 61.4 Å². The normalized spacial score (nSPS) is 21.3. The number of carbonyl (C=O) groups is 2. The largest absolute Gasteiger partial charge is 0.355 e. The third-order valence-electron chi connectivity index (χ3n) is 4.11. The fraction of sp³-hybridized carbons (Fsp3) is 0.875. The molecule has 5 heteroatoms. The van der Waals surface area contributed by atoms with Crippen LogP contribution < -0.4 is 10.6 Å². The lowest BCUT2D eigenvalue weighted by molar-refractivity contribution is -0.144. The van der Waals surface area contributed by atoms with Crippen molar-refractivity contribution in [3.05, 3.63) is 0 Å². The van der Waals surface area contributed by atoms with E-state index in [0.29, 0.717) is 13.1 Å². The zero-order valence-electron chi connectivity index (χ0n) is 13.8. The summed E-state index contributed by atoms with van der Waals surface area (Å²) in [7, 11) is 0. The Hall–Kier alpha value is -1.10. The van der Waals surface area contributed by atoms with Gasteiger partial charge in [0.1, 0.15) is 0 Å². The molecule has 0 spiro atoms. The van der Waals surface area contributed by atoms with E-state index in [2.05, 4.69) is 17.6 Å². The molecule has 1 aliphatic heterocycles. The van der Waals surface area contributed by atoms with Gasteiger partial charge >= 0.3 is 0 Å². The Morgan fingerprint density at radius 1 is 1.19 bits per heavy atom. The second-order valence-corrected chi connectivity index (χ2v) is 6.03. The van der Waals surface area contributed by atoms with Gasteiger partial charge in [0.25, 0.3) is 0 Å². The highest BCUT2D eigenvalue weighted by Gasteiger charge is 2.42. The van der Waals surface area contributed by atoms with Crippen LogP contribution in [0.1, 0.15) is 52.9 Å². The van der Waals surface area contributed by atoms with Gasteiger partial charge in [-0.3, -0.25) is 9.59 Å². The molecule has 0 aliphatic carbocycles. The van der Waals surface area contributed by atoms with E-state index in [1.807, 2.05) is 13.8 Å². The summed E-state index contributed by atoms with van der Waals surface area (Å²) in [6.45, 7) is 9.35. The molecule has 0 radical (unpaired) electrons. The summed E-state index contributed by atoms with van der Waals surface area (Å²) in [5.41, 5.74) is -0.297. The van der Waals surface area contributed by atoms with E-state index in [0.717, 1.165) is 45.2 Å². The third kappa shape index (κ3) is 4.99. The Morgan fingerprint density at radius 2 is 1.95 bits per heavy atom. The number of nitrogens with zero attached hydrogens (tertiary/aromatic N) is 1. The van der Waals surface area contributed by atoms with E-state index in [1.165, 1.54) is 0 Å². The number of nitrogens with one attached hydrogen (secondary N) is 2. The first-order valence-corrected chi connectivity index (χ1v) is 8.36. The van der Waals surface area contributed by atoms with Crippen LogP contribution in [0.2, 0.25) is 0 Å². The first-order valence-electron chi connectivity index (χ1n) is 8.36. The number of hydrogen-bond acceptors (Lipinski definition) is 3. The summed E-state index contributed by atoms with van der Waals surface area (Å²) in [6.07, 6.45) is 4.57. The van der Waals surface area contributed by atoms with Crippen LogP contribution in [-0.4, -0.2) is 49.4 Å². The van der Waals surface area contributed by atoms with E-state index in [-0.39, 0.29) is 23.8 Å². The van der Waals surface area contributed by atoms with Crippen LogP contribution >= 0.6 is 0 Å². The first kappa shape index (κ1) is 18.0. The Kier molecular flexibility index (Phi) is 7.72. The minimum Gasteiger partial charge on any atom is -0.355 e. The Bertz CT molecular complexity index is 338. The molecule has 1 fully saturated rings. The maximum Gasteiger partial charge on any atom is 0.239 e. The quantitative estimate of drug-likeness (QED) is 0.678. The van der Waals surface area contributed by atoms with Gasteiger partial charge in [-0.1, -0.05) is 27.2 Å². The molecule has 2 N–H and O–H groups in total. The lowest BCUT2D eigenvalue weighted by Crippen LogP contribution is -2.49. The molecule has 1 saturated heterocycles. The van der Waals surface area contributed by atoms with Crippen molar-refractivity contribution in [2.24, 2.45) is 5.41 Å². The Morgan fingerprint density at radius 3 is 2.48 bits per heavy atom. The van der Waals surface area contributed by atoms with Crippen molar-refractivity contribution < 1.29 is 9.59 Å². The highest BCUT2D eigenvalue weighted by atomic mass is 16.2. The van der Waals surface area contributed by atoms with E-state index in [1.54, 1.807) is 4.90 Å². The van der Waals surface area contributed by atoms with Crippen LogP contribution in [0.5, 0.6) is 0 Å². The maximum atomic E-state index is 13.0. The maximum absolute atomic E-state index is 13.0. The SMILES string of the molecule is CCCNC(=O)CN(CCC)C(=O)C1(CCC)CCNC1. The molecule has 0 aromatic heterocycles. The van der Waals surface area contributed by atoms with Gasteiger partial charge in [-0.25, -0.2) is 0 Å². The van der Waals surface area contributed by atoms with Gasteiger partial charge in [0.2, 0.25) is 11.8 Å². The van der Waals surface area contributed by atoms with Crippen LogP contribution in [-0.2, 0) is 9.59 Å². The van der Waals surface area contributed by atoms with Gasteiger partial charge in [0, 0.05) is 19.6 Å². The van der Waals surface area contributed by atoms with Crippen LogP contribution in [0.3, 0.4) is 0 Å². The van der Waals surface area contributed by atoms with Crippen molar-refractivity contribution in [3.8, 4) is 0 Å². The van der Waals surface area contributed by atoms with Crippen molar-refractivity contribution in [3.63, 3.8) is 0 Å². The van der Waals surface area contributed by atoms with Crippen LogP contribution in [0, 0.1) is 5.41 Å². The summed E-state index contributed by atoms with van der Waals surface area (Å²) in [6, 6.07) is 0. The summed E-state index contributed by atoms with van der Waals surface area (Å²) < 4.78 is 0. The summed E-state index contributed by atoms with van der Waals surface area (Å²) in [5.74, 6) is 0.110. The monoisotopic (exact) mass is 297 g/mol. The van der Waals surface area contributed by atoms with E-state index < -0.39 is 0 Å². The molecule has 1 aliphatic rings. The number of rotatable bonds is 9. The third-order valence-corrected chi connectivity index (χ3v) is 4.11. The van der Waals surface area contributed by atoms with Crippen molar-refractivity contribution in [2.45, 2.75) is 52.9 Å². The summed E-state index contributed by atoms with van der Waals surface area (Å²) in [5, 5.41) is 6.18. The van der Waals surface area contributed by atoms with Gasteiger partial charge in [0.15, 0.2) is 0 Å². The van der Waals surface area contributed by atoms with Crippen LogP contribution in [0.15, 0.2) is 0 Å². The first-order chi connectivity index (χ1) is 10.1. The molecule has 21 heavy (non-hydrogen) atoms. The smallest absolute Gasteiger partial charge is 0.239 e. The highest BCUT2D eigenvalue weighted by molar-refractivity contribution is 5.88. The molecule has 122 valence electrons. The van der Waals surface area contributed by atoms with Gasteiger partial charge in [-0.15, -0.1) is 0 Å². The lowest BCUT2D eigenvalue weighted by Gasteiger charge is -2.33. The second-order valence-electron chi connectivity index (χ2n) is 6.03.